The Balaban J connectivity index is 1.73. The zero-order valence-corrected chi connectivity index (χ0v) is 14.1. The van der Waals surface area contributed by atoms with Crippen molar-refractivity contribution in [1.82, 2.24) is 25.0 Å². The summed E-state index contributed by atoms with van der Waals surface area (Å²) in [6.07, 6.45) is 5.71. The smallest absolute Gasteiger partial charge is 0.193 e. The third kappa shape index (κ3) is 5.29. The highest BCUT2D eigenvalue weighted by Crippen LogP contribution is 2.20. The molecule has 0 radical (unpaired) electrons. The number of likely N-dealkylation sites (tertiary alicyclic amines) is 1. The van der Waals surface area contributed by atoms with Crippen molar-refractivity contribution in [2.75, 3.05) is 26.7 Å². The highest BCUT2D eigenvalue weighted by Gasteiger charge is 2.25. The zero-order chi connectivity index (χ0) is 16.0. The fourth-order valence-corrected chi connectivity index (χ4v) is 2.65. The molecule has 1 aliphatic rings. The van der Waals surface area contributed by atoms with Gasteiger partial charge in [-0.05, 0) is 33.6 Å². The molecular weight excluding hydrogens is 280 g/mol. The Bertz CT molecular complexity index is 457. The number of hydrogen-bond donors (Lipinski definition) is 1. The summed E-state index contributed by atoms with van der Waals surface area (Å²) in [5.41, 5.74) is -0.0649. The van der Waals surface area contributed by atoms with Crippen molar-refractivity contribution in [3.8, 4) is 0 Å². The number of nitrogens with one attached hydrogen (secondary N) is 1. The highest BCUT2D eigenvalue weighted by molar-refractivity contribution is 5.79. The lowest BCUT2D eigenvalue weighted by atomic mass is 10.1. The molecule has 1 N–H and O–H groups in total. The molecule has 1 aliphatic heterocycles. The van der Waals surface area contributed by atoms with E-state index in [0.717, 1.165) is 45.0 Å². The number of aromatic nitrogens is 3. The van der Waals surface area contributed by atoms with Gasteiger partial charge in [0.2, 0.25) is 0 Å². The number of ether oxygens (including phenoxy) is 1. The van der Waals surface area contributed by atoms with E-state index in [1.165, 1.54) is 0 Å². The van der Waals surface area contributed by atoms with Crippen molar-refractivity contribution in [1.29, 1.82) is 0 Å². The molecule has 0 spiro atoms. The number of nitrogens with zero attached hydrogens (tertiary/aromatic N) is 5. The maximum absolute atomic E-state index is 6.06. The van der Waals surface area contributed by atoms with Crippen molar-refractivity contribution >= 4 is 5.96 Å². The van der Waals surface area contributed by atoms with Gasteiger partial charge < -0.3 is 15.0 Å². The summed E-state index contributed by atoms with van der Waals surface area (Å²) in [7, 11) is 1.83. The first-order valence-corrected chi connectivity index (χ1v) is 7.94. The summed E-state index contributed by atoms with van der Waals surface area (Å²) in [6.45, 7) is 9.86. The Morgan fingerprint density at radius 1 is 1.36 bits per heavy atom. The van der Waals surface area contributed by atoms with Gasteiger partial charge in [0.1, 0.15) is 12.7 Å². The molecule has 1 aromatic rings. The van der Waals surface area contributed by atoms with Gasteiger partial charge in [0.05, 0.1) is 18.2 Å². The summed E-state index contributed by atoms with van der Waals surface area (Å²) >= 11 is 0. The van der Waals surface area contributed by atoms with Crippen LogP contribution in [-0.4, -0.2) is 64.0 Å². The van der Waals surface area contributed by atoms with Crippen LogP contribution in [0.2, 0.25) is 0 Å². The molecule has 0 amide bonds. The van der Waals surface area contributed by atoms with Gasteiger partial charge in [-0.3, -0.25) is 9.67 Å². The third-order valence-corrected chi connectivity index (χ3v) is 3.56. The van der Waals surface area contributed by atoms with E-state index in [-0.39, 0.29) is 5.60 Å². The SMILES string of the molecule is CN=C(NCCn1cncn1)N1CCC(OC(C)(C)C)CC1. The molecule has 0 bridgehead atoms. The van der Waals surface area contributed by atoms with E-state index in [1.807, 2.05) is 11.7 Å². The number of hydrogen-bond acceptors (Lipinski definition) is 4. The van der Waals surface area contributed by atoms with Crippen LogP contribution in [0.5, 0.6) is 0 Å². The van der Waals surface area contributed by atoms with Crippen molar-refractivity contribution in [3.05, 3.63) is 12.7 Å². The highest BCUT2D eigenvalue weighted by atomic mass is 16.5. The van der Waals surface area contributed by atoms with Crippen LogP contribution in [0.25, 0.3) is 0 Å². The van der Waals surface area contributed by atoms with Crippen LogP contribution in [0.1, 0.15) is 33.6 Å². The van der Waals surface area contributed by atoms with E-state index < -0.39 is 0 Å². The van der Waals surface area contributed by atoms with Gasteiger partial charge in [-0.1, -0.05) is 0 Å². The van der Waals surface area contributed by atoms with Crippen LogP contribution < -0.4 is 5.32 Å². The topological polar surface area (TPSA) is 67.6 Å². The minimum absolute atomic E-state index is 0.0649. The molecule has 124 valence electrons. The van der Waals surface area contributed by atoms with Crippen LogP contribution in [0.15, 0.2) is 17.6 Å². The molecule has 0 atom stereocenters. The van der Waals surface area contributed by atoms with Crippen molar-refractivity contribution < 1.29 is 4.74 Å². The predicted molar refractivity (Wildman–Crippen MR) is 86.8 cm³/mol. The predicted octanol–water partition coefficient (Wildman–Crippen LogP) is 1.13. The van der Waals surface area contributed by atoms with E-state index in [4.69, 9.17) is 4.74 Å². The second-order valence-corrected chi connectivity index (χ2v) is 6.55. The Morgan fingerprint density at radius 3 is 2.64 bits per heavy atom. The standard InChI is InChI=1S/C15H28N6O/c1-15(2,3)22-13-5-8-20(9-6-13)14(16-4)18-7-10-21-12-17-11-19-21/h11-13H,5-10H2,1-4H3,(H,16,18). The van der Waals surface area contributed by atoms with Crippen LogP contribution in [0.4, 0.5) is 0 Å². The summed E-state index contributed by atoms with van der Waals surface area (Å²) in [5, 5.41) is 7.48. The molecule has 0 unspecified atom stereocenters. The molecular formula is C15H28N6O. The van der Waals surface area contributed by atoms with Crippen molar-refractivity contribution in [2.45, 2.75) is 51.9 Å². The molecule has 0 aliphatic carbocycles. The lowest BCUT2D eigenvalue weighted by Crippen LogP contribution is -2.48. The molecule has 22 heavy (non-hydrogen) atoms. The molecule has 7 nitrogen and oxygen atoms in total. The Labute approximate surface area is 132 Å². The second kappa shape index (κ2) is 7.58. The fraction of sp³-hybridized carbons (Fsp3) is 0.800. The molecule has 2 rings (SSSR count). The Morgan fingerprint density at radius 2 is 2.09 bits per heavy atom. The quantitative estimate of drug-likeness (QED) is 0.667. The lowest BCUT2D eigenvalue weighted by molar-refractivity contribution is -0.0772. The molecule has 0 saturated carbocycles. The summed E-state index contributed by atoms with van der Waals surface area (Å²) < 4.78 is 7.87. The molecule has 1 fully saturated rings. The summed E-state index contributed by atoms with van der Waals surface area (Å²) in [5.74, 6) is 0.953. The molecule has 2 heterocycles. The van der Waals surface area contributed by atoms with Crippen LogP contribution in [0.3, 0.4) is 0 Å². The molecule has 7 heteroatoms. The normalized spacial score (nSPS) is 17.8. The van der Waals surface area contributed by atoms with Gasteiger partial charge in [-0.2, -0.15) is 5.10 Å². The average Bonchev–Trinajstić information content (AvgIpc) is 2.96. The van der Waals surface area contributed by atoms with E-state index in [0.29, 0.717) is 6.10 Å². The second-order valence-electron chi connectivity index (χ2n) is 6.55. The van der Waals surface area contributed by atoms with E-state index >= 15 is 0 Å². The minimum atomic E-state index is -0.0649. The minimum Gasteiger partial charge on any atom is -0.372 e. The first-order valence-electron chi connectivity index (χ1n) is 7.94. The first-order chi connectivity index (χ1) is 10.5. The van der Waals surface area contributed by atoms with Crippen LogP contribution in [-0.2, 0) is 11.3 Å². The van der Waals surface area contributed by atoms with Gasteiger partial charge in [0.25, 0.3) is 0 Å². The lowest BCUT2D eigenvalue weighted by Gasteiger charge is -2.36. The van der Waals surface area contributed by atoms with Crippen LogP contribution >= 0.6 is 0 Å². The largest absolute Gasteiger partial charge is 0.372 e. The Hall–Kier alpha value is -1.63. The average molecular weight is 308 g/mol. The van der Waals surface area contributed by atoms with Gasteiger partial charge in [-0.25, -0.2) is 4.98 Å². The van der Waals surface area contributed by atoms with Gasteiger partial charge in [-0.15, -0.1) is 0 Å². The monoisotopic (exact) mass is 308 g/mol. The fourth-order valence-electron chi connectivity index (χ4n) is 2.65. The van der Waals surface area contributed by atoms with Crippen molar-refractivity contribution in [3.63, 3.8) is 0 Å². The molecule has 1 saturated heterocycles. The van der Waals surface area contributed by atoms with E-state index in [9.17, 15) is 0 Å². The molecule has 1 aromatic heterocycles. The zero-order valence-electron chi connectivity index (χ0n) is 14.1. The van der Waals surface area contributed by atoms with E-state index in [2.05, 4.69) is 46.1 Å². The molecule has 0 aromatic carbocycles. The maximum atomic E-state index is 6.06. The van der Waals surface area contributed by atoms with Crippen LogP contribution in [0, 0.1) is 0 Å². The number of guanidine groups is 1. The third-order valence-electron chi connectivity index (χ3n) is 3.56. The van der Waals surface area contributed by atoms with Crippen molar-refractivity contribution in [2.24, 2.45) is 4.99 Å². The summed E-state index contributed by atoms with van der Waals surface area (Å²) in [6, 6.07) is 0. The van der Waals surface area contributed by atoms with Gasteiger partial charge in [0, 0.05) is 26.7 Å². The van der Waals surface area contributed by atoms with Gasteiger partial charge >= 0.3 is 0 Å². The Kier molecular flexibility index (Phi) is 5.76. The van der Waals surface area contributed by atoms with Gasteiger partial charge in [0.15, 0.2) is 5.96 Å². The maximum Gasteiger partial charge on any atom is 0.193 e. The number of piperidine rings is 1. The number of rotatable bonds is 4. The first kappa shape index (κ1) is 16.7. The van der Waals surface area contributed by atoms with E-state index in [1.54, 1.807) is 12.7 Å². The number of aliphatic imine (C=N–C) groups is 1. The summed E-state index contributed by atoms with van der Waals surface area (Å²) in [4.78, 5) is 10.6.